The third kappa shape index (κ3) is 2.55. The number of fused-ring (bicyclic) bond motifs is 1. The highest BCUT2D eigenvalue weighted by molar-refractivity contribution is 7.07. The Morgan fingerprint density at radius 3 is 2.95 bits per heavy atom. The Hall–Kier alpha value is -1.65. The smallest absolute Gasteiger partial charge is 0.251 e. The molecule has 98 valence electrons. The van der Waals surface area contributed by atoms with Gasteiger partial charge in [-0.25, -0.2) is 0 Å². The normalized spacial score (nSPS) is 15.0. The fourth-order valence-corrected chi connectivity index (χ4v) is 3.07. The molecular weight excluding hydrogens is 256 g/mol. The zero-order valence-electron chi connectivity index (χ0n) is 10.8. The van der Waals surface area contributed by atoms with E-state index in [-0.39, 0.29) is 11.9 Å². The standard InChI is InChI=1S/C15H16N2OS/c1-10(13-4-5-19-9-13)17-15(18)11-2-3-12-7-16-8-14(12)6-11/h2-6,9-10,16H,7-8H2,1H3,(H,17,18). The number of amides is 1. The molecular formula is C15H16N2OS. The fourth-order valence-electron chi connectivity index (χ4n) is 2.32. The number of nitrogens with one attached hydrogen (secondary N) is 2. The largest absolute Gasteiger partial charge is 0.345 e. The first-order chi connectivity index (χ1) is 9.24. The predicted molar refractivity (Wildman–Crippen MR) is 77.2 cm³/mol. The highest BCUT2D eigenvalue weighted by Crippen LogP contribution is 2.19. The van der Waals surface area contributed by atoms with E-state index in [1.165, 1.54) is 11.1 Å². The molecule has 0 spiro atoms. The summed E-state index contributed by atoms with van der Waals surface area (Å²) < 4.78 is 0. The van der Waals surface area contributed by atoms with Crippen LogP contribution in [0.25, 0.3) is 0 Å². The van der Waals surface area contributed by atoms with Gasteiger partial charge in [-0.1, -0.05) is 6.07 Å². The molecule has 1 aliphatic heterocycles. The Labute approximate surface area is 116 Å². The zero-order chi connectivity index (χ0) is 13.2. The second kappa shape index (κ2) is 5.15. The molecule has 1 aromatic carbocycles. The van der Waals surface area contributed by atoms with Crippen LogP contribution in [0.15, 0.2) is 35.0 Å². The molecule has 1 atom stereocenters. The molecule has 0 saturated heterocycles. The SMILES string of the molecule is CC(NC(=O)c1ccc2c(c1)CNC2)c1ccsc1. The minimum atomic E-state index is -0.00611. The summed E-state index contributed by atoms with van der Waals surface area (Å²) >= 11 is 1.65. The predicted octanol–water partition coefficient (Wildman–Crippen LogP) is 2.84. The maximum absolute atomic E-state index is 12.2. The summed E-state index contributed by atoms with van der Waals surface area (Å²) in [6, 6.07) is 8.03. The molecule has 0 bridgehead atoms. The van der Waals surface area contributed by atoms with E-state index in [9.17, 15) is 4.79 Å². The molecule has 1 amide bonds. The first-order valence-electron chi connectivity index (χ1n) is 6.39. The molecule has 4 heteroatoms. The number of hydrogen-bond acceptors (Lipinski definition) is 3. The van der Waals surface area contributed by atoms with Gasteiger partial charge in [-0.3, -0.25) is 4.79 Å². The summed E-state index contributed by atoms with van der Waals surface area (Å²) in [6.45, 7) is 3.77. The van der Waals surface area contributed by atoms with Crippen LogP contribution in [0.2, 0.25) is 0 Å². The van der Waals surface area contributed by atoms with Crippen LogP contribution in [0.1, 0.15) is 40.0 Å². The van der Waals surface area contributed by atoms with Crippen molar-refractivity contribution in [1.82, 2.24) is 10.6 Å². The van der Waals surface area contributed by atoms with E-state index >= 15 is 0 Å². The summed E-state index contributed by atoms with van der Waals surface area (Å²) in [4.78, 5) is 12.2. The van der Waals surface area contributed by atoms with Crippen molar-refractivity contribution in [2.45, 2.75) is 26.1 Å². The second-order valence-corrected chi connectivity index (χ2v) is 5.62. The molecule has 2 N–H and O–H groups in total. The lowest BCUT2D eigenvalue weighted by Crippen LogP contribution is -2.26. The van der Waals surface area contributed by atoms with Gasteiger partial charge in [-0.15, -0.1) is 0 Å². The molecule has 19 heavy (non-hydrogen) atoms. The monoisotopic (exact) mass is 272 g/mol. The van der Waals surface area contributed by atoms with E-state index in [4.69, 9.17) is 0 Å². The van der Waals surface area contributed by atoms with Gasteiger partial charge in [-0.2, -0.15) is 11.3 Å². The maximum Gasteiger partial charge on any atom is 0.251 e. The van der Waals surface area contributed by atoms with Crippen molar-refractivity contribution < 1.29 is 4.79 Å². The van der Waals surface area contributed by atoms with Crippen LogP contribution in [0, 0.1) is 0 Å². The number of carbonyl (C=O) groups excluding carboxylic acids is 1. The maximum atomic E-state index is 12.2. The van der Waals surface area contributed by atoms with Gasteiger partial charge in [0.25, 0.3) is 5.91 Å². The molecule has 2 heterocycles. The summed E-state index contributed by atoms with van der Waals surface area (Å²) in [7, 11) is 0. The molecule has 0 saturated carbocycles. The van der Waals surface area contributed by atoms with Crippen LogP contribution in [-0.4, -0.2) is 5.91 Å². The summed E-state index contributed by atoms with van der Waals surface area (Å²) in [6.07, 6.45) is 0. The van der Waals surface area contributed by atoms with Crippen LogP contribution < -0.4 is 10.6 Å². The highest BCUT2D eigenvalue weighted by atomic mass is 32.1. The number of thiophene rings is 1. The number of hydrogen-bond donors (Lipinski definition) is 2. The van der Waals surface area contributed by atoms with Crippen molar-refractivity contribution in [1.29, 1.82) is 0 Å². The molecule has 1 aromatic heterocycles. The van der Waals surface area contributed by atoms with Crippen LogP contribution in [0.3, 0.4) is 0 Å². The van der Waals surface area contributed by atoms with Gasteiger partial charge in [0, 0.05) is 18.7 Å². The summed E-state index contributed by atoms with van der Waals surface area (Å²) in [5.74, 6) is -0.00611. The van der Waals surface area contributed by atoms with Crippen LogP contribution in [-0.2, 0) is 13.1 Å². The van der Waals surface area contributed by atoms with Crippen molar-refractivity contribution in [3.63, 3.8) is 0 Å². The average Bonchev–Trinajstić information content (AvgIpc) is 3.09. The minimum absolute atomic E-state index is 0.00611. The van der Waals surface area contributed by atoms with Gasteiger partial charge in [0.05, 0.1) is 6.04 Å². The van der Waals surface area contributed by atoms with Crippen molar-refractivity contribution in [3.8, 4) is 0 Å². The molecule has 3 nitrogen and oxygen atoms in total. The number of carbonyl (C=O) groups is 1. The summed E-state index contributed by atoms with van der Waals surface area (Å²) in [5, 5.41) is 10.4. The minimum Gasteiger partial charge on any atom is -0.345 e. The molecule has 3 rings (SSSR count). The Morgan fingerprint density at radius 1 is 1.32 bits per heavy atom. The van der Waals surface area contributed by atoms with E-state index in [1.807, 2.05) is 36.6 Å². The molecule has 0 aliphatic carbocycles. The molecule has 2 aromatic rings. The number of benzene rings is 1. The highest BCUT2D eigenvalue weighted by Gasteiger charge is 2.15. The Kier molecular flexibility index (Phi) is 3.36. The second-order valence-electron chi connectivity index (χ2n) is 4.84. The van der Waals surface area contributed by atoms with Gasteiger partial charge >= 0.3 is 0 Å². The van der Waals surface area contributed by atoms with Crippen LogP contribution in [0.4, 0.5) is 0 Å². The van der Waals surface area contributed by atoms with Crippen molar-refractivity contribution >= 4 is 17.2 Å². The van der Waals surface area contributed by atoms with Gasteiger partial charge < -0.3 is 10.6 Å². The van der Waals surface area contributed by atoms with Crippen molar-refractivity contribution in [3.05, 3.63) is 57.3 Å². The fraction of sp³-hybridized carbons (Fsp3) is 0.267. The average molecular weight is 272 g/mol. The van der Waals surface area contributed by atoms with Crippen LogP contribution in [0.5, 0.6) is 0 Å². The third-order valence-corrected chi connectivity index (χ3v) is 4.19. The topological polar surface area (TPSA) is 41.1 Å². The van der Waals surface area contributed by atoms with E-state index in [2.05, 4.69) is 16.0 Å². The first-order valence-corrected chi connectivity index (χ1v) is 7.34. The molecule has 1 unspecified atom stereocenters. The lowest BCUT2D eigenvalue weighted by atomic mass is 10.1. The Balaban J connectivity index is 1.74. The van der Waals surface area contributed by atoms with Crippen molar-refractivity contribution in [2.24, 2.45) is 0 Å². The quantitative estimate of drug-likeness (QED) is 0.902. The summed E-state index contributed by atoms with van der Waals surface area (Å²) in [5.41, 5.74) is 4.42. The van der Waals surface area contributed by atoms with E-state index < -0.39 is 0 Å². The van der Waals surface area contributed by atoms with Gasteiger partial charge in [-0.05, 0) is 52.6 Å². The molecule has 0 fully saturated rings. The van der Waals surface area contributed by atoms with Crippen LogP contribution >= 0.6 is 11.3 Å². The van der Waals surface area contributed by atoms with Gasteiger partial charge in [0.2, 0.25) is 0 Å². The first kappa shape index (κ1) is 12.4. The molecule has 1 aliphatic rings. The zero-order valence-corrected chi connectivity index (χ0v) is 11.6. The van der Waals surface area contributed by atoms with Gasteiger partial charge in [0.15, 0.2) is 0 Å². The number of rotatable bonds is 3. The van der Waals surface area contributed by atoms with Crippen molar-refractivity contribution in [2.75, 3.05) is 0 Å². The van der Waals surface area contributed by atoms with E-state index in [1.54, 1.807) is 11.3 Å². The Bertz CT molecular complexity index is 592. The van der Waals surface area contributed by atoms with E-state index in [0.29, 0.717) is 0 Å². The van der Waals surface area contributed by atoms with E-state index in [0.717, 1.165) is 24.2 Å². The molecule has 0 radical (unpaired) electrons. The third-order valence-electron chi connectivity index (χ3n) is 3.49. The lowest BCUT2D eigenvalue weighted by Gasteiger charge is -2.13. The van der Waals surface area contributed by atoms with Gasteiger partial charge in [0.1, 0.15) is 0 Å². The lowest BCUT2D eigenvalue weighted by molar-refractivity contribution is 0.0940. The Morgan fingerprint density at radius 2 is 2.16 bits per heavy atom.